The van der Waals surface area contributed by atoms with Crippen LogP contribution < -0.4 is 24.8 Å². The van der Waals surface area contributed by atoms with Crippen LogP contribution in [0.25, 0.3) is 17.3 Å². The number of hydrogen-bond acceptors (Lipinski definition) is 7. The second-order valence-corrected chi connectivity index (χ2v) is 8.44. The molecule has 1 amide bonds. The summed E-state index contributed by atoms with van der Waals surface area (Å²) in [5.41, 5.74) is 0.725. The molecule has 0 saturated carbocycles. The summed E-state index contributed by atoms with van der Waals surface area (Å²) < 4.78 is 6.89. The van der Waals surface area contributed by atoms with Crippen molar-refractivity contribution >= 4 is 40.3 Å². The number of nitriles is 1. The van der Waals surface area contributed by atoms with Crippen molar-refractivity contribution in [3.8, 4) is 17.5 Å². The van der Waals surface area contributed by atoms with Gasteiger partial charge in [-0.25, -0.2) is 0 Å². The number of methoxy groups -OCH3 is 1. The summed E-state index contributed by atoms with van der Waals surface area (Å²) in [5, 5.41) is 23.5. The quantitative estimate of drug-likeness (QED) is 0.322. The summed E-state index contributed by atoms with van der Waals surface area (Å²) in [5.74, 6) is -0.151. The minimum Gasteiger partial charge on any atom is -0.497 e. The van der Waals surface area contributed by atoms with Gasteiger partial charge in [-0.1, -0.05) is 24.3 Å². The second kappa shape index (κ2) is 10.5. The van der Waals surface area contributed by atoms with Crippen LogP contribution in [-0.2, 0) is 4.79 Å². The number of nitro groups is 1. The van der Waals surface area contributed by atoms with Gasteiger partial charge in [0.2, 0.25) is 0 Å². The molecule has 0 aliphatic rings. The molecule has 0 aliphatic heterocycles. The Balaban J connectivity index is 1.90. The van der Waals surface area contributed by atoms with E-state index in [1.807, 2.05) is 6.07 Å². The number of thiazole rings is 1. The molecule has 0 aliphatic carbocycles. The lowest BCUT2D eigenvalue weighted by Crippen LogP contribution is -2.32. The Morgan fingerprint density at radius 2 is 1.83 bits per heavy atom. The SMILES string of the molecule is COc1cccc(NC(=O)C(C#N)=c2sc(=Cc3ccc([N+](=O)[O-])cc3)c(=O)n2-c2ccccc2)c1. The summed E-state index contributed by atoms with van der Waals surface area (Å²) in [6.45, 7) is 0. The second-order valence-electron chi connectivity index (χ2n) is 7.41. The van der Waals surface area contributed by atoms with Crippen LogP contribution in [0.3, 0.4) is 0 Å². The number of amides is 1. The van der Waals surface area contributed by atoms with E-state index in [0.29, 0.717) is 22.7 Å². The third-order valence-corrected chi connectivity index (χ3v) is 6.21. The molecule has 1 heterocycles. The highest BCUT2D eigenvalue weighted by Crippen LogP contribution is 2.17. The molecule has 0 radical (unpaired) electrons. The molecule has 178 valence electrons. The molecule has 0 atom stereocenters. The summed E-state index contributed by atoms with van der Waals surface area (Å²) in [6.07, 6.45) is 1.56. The molecule has 10 heteroatoms. The molecule has 3 aromatic carbocycles. The van der Waals surface area contributed by atoms with E-state index in [4.69, 9.17) is 4.74 Å². The van der Waals surface area contributed by atoms with E-state index in [1.165, 1.54) is 35.9 Å². The Morgan fingerprint density at radius 3 is 2.47 bits per heavy atom. The number of nitrogens with one attached hydrogen (secondary N) is 1. The minimum absolute atomic E-state index is 0.0740. The predicted octanol–water partition coefficient (Wildman–Crippen LogP) is 2.96. The molecule has 0 spiro atoms. The van der Waals surface area contributed by atoms with Crippen LogP contribution in [0.1, 0.15) is 5.56 Å². The third-order valence-electron chi connectivity index (χ3n) is 5.12. The van der Waals surface area contributed by atoms with E-state index in [9.17, 15) is 25.0 Å². The Bertz CT molecular complexity index is 1670. The van der Waals surface area contributed by atoms with Crippen LogP contribution in [-0.4, -0.2) is 22.5 Å². The van der Waals surface area contributed by atoms with Crippen LogP contribution in [0.5, 0.6) is 5.75 Å². The van der Waals surface area contributed by atoms with Gasteiger partial charge in [-0.05, 0) is 48.0 Å². The number of hydrogen-bond donors (Lipinski definition) is 1. The van der Waals surface area contributed by atoms with Crippen molar-refractivity contribution in [2.75, 3.05) is 12.4 Å². The van der Waals surface area contributed by atoms with Gasteiger partial charge in [0.1, 0.15) is 16.5 Å². The monoisotopic (exact) mass is 498 g/mol. The van der Waals surface area contributed by atoms with Crippen molar-refractivity contribution in [2.45, 2.75) is 0 Å². The maximum absolute atomic E-state index is 13.4. The summed E-state index contributed by atoms with van der Waals surface area (Å²) in [6, 6.07) is 23.0. The van der Waals surface area contributed by atoms with Gasteiger partial charge in [-0.15, -0.1) is 11.3 Å². The lowest BCUT2D eigenvalue weighted by molar-refractivity contribution is -0.384. The molecule has 0 saturated heterocycles. The van der Waals surface area contributed by atoms with E-state index in [-0.39, 0.29) is 20.5 Å². The molecule has 0 bridgehead atoms. The van der Waals surface area contributed by atoms with E-state index in [2.05, 4.69) is 5.32 Å². The number of carbonyl (C=O) groups excluding carboxylic acids is 1. The number of anilines is 1. The molecule has 1 N–H and O–H groups in total. The number of aromatic nitrogens is 1. The van der Waals surface area contributed by atoms with Crippen molar-refractivity contribution in [2.24, 2.45) is 0 Å². The molecular formula is C26H18N4O5S. The van der Waals surface area contributed by atoms with Gasteiger partial charge >= 0.3 is 0 Å². The van der Waals surface area contributed by atoms with Crippen molar-refractivity contribution in [1.29, 1.82) is 5.26 Å². The summed E-state index contributed by atoms with van der Waals surface area (Å²) in [7, 11) is 1.50. The maximum atomic E-state index is 13.4. The highest BCUT2D eigenvalue weighted by atomic mass is 32.1. The first kappa shape index (κ1) is 24.1. The first-order chi connectivity index (χ1) is 17.4. The number of ether oxygens (including phenoxy) is 1. The van der Waals surface area contributed by atoms with Crippen LogP contribution in [0, 0.1) is 21.4 Å². The fourth-order valence-corrected chi connectivity index (χ4v) is 4.50. The van der Waals surface area contributed by atoms with Gasteiger partial charge < -0.3 is 10.1 Å². The lowest BCUT2D eigenvalue weighted by Gasteiger charge is -2.07. The van der Waals surface area contributed by atoms with Crippen molar-refractivity contribution < 1.29 is 14.5 Å². The zero-order valence-corrected chi connectivity index (χ0v) is 19.7. The van der Waals surface area contributed by atoms with E-state index in [0.717, 1.165) is 11.3 Å². The maximum Gasteiger partial charge on any atom is 0.273 e. The highest BCUT2D eigenvalue weighted by Gasteiger charge is 2.17. The number of nitrogens with zero attached hydrogens (tertiary/aromatic N) is 3. The Kier molecular flexibility index (Phi) is 7.04. The third kappa shape index (κ3) is 5.06. The van der Waals surface area contributed by atoms with E-state index >= 15 is 0 Å². The molecule has 9 nitrogen and oxygen atoms in total. The van der Waals surface area contributed by atoms with Crippen LogP contribution in [0.2, 0.25) is 0 Å². The Hall–Kier alpha value is -5.01. The fraction of sp³-hybridized carbons (Fsp3) is 0.0385. The van der Waals surface area contributed by atoms with Gasteiger partial charge in [0, 0.05) is 23.9 Å². The number of carbonyl (C=O) groups is 1. The van der Waals surface area contributed by atoms with Gasteiger partial charge in [0.25, 0.3) is 17.2 Å². The molecule has 4 aromatic rings. The number of para-hydroxylation sites is 1. The zero-order valence-electron chi connectivity index (χ0n) is 18.9. The van der Waals surface area contributed by atoms with E-state index < -0.39 is 16.4 Å². The molecule has 0 unspecified atom stereocenters. The molecular weight excluding hydrogens is 480 g/mol. The average Bonchev–Trinajstić information content (AvgIpc) is 3.20. The fourth-order valence-electron chi connectivity index (χ4n) is 3.40. The zero-order chi connectivity index (χ0) is 25.7. The lowest BCUT2D eigenvalue weighted by atomic mass is 10.2. The minimum atomic E-state index is -0.682. The topological polar surface area (TPSA) is 127 Å². The van der Waals surface area contributed by atoms with Crippen molar-refractivity contribution in [3.05, 3.63) is 114 Å². The number of benzene rings is 3. The number of rotatable bonds is 6. The summed E-state index contributed by atoms with van der Waals surface area (Å²) in [4.78, 5) is 37.0. The normalized spacial score (nSPS) is 11.9. The molecule has 4 rings (SSSR count). The van der Waals surface area contributed by atoms with Crippen LogP contribution in [0.4, 0.5) is 11.4 Å². The average molecular weight is 499 g/mol. The molecule has 1 aromatic heterocycles. The summed E-state index contributed by atoms with van der Waals surface area (Å²) >= 11 is 0.981. The smallest absolute Gasteiger partial charge is 0.273 e. The molecule has 0 fully saturated rings. The van der Waals surface area contributed by atoms with Gasteiger partial charge in [-0.3, -0.25) is 24.3 Å². The van der Waals surface area contributed by atoms with Crippen LogP contribution in [0.15, 0.2) is 83.7 Å². The number of nitro benzene ring substituents is 1. The predicted molar refractivity (Wildman–Crippen MR) is 136 cm³/mol. The van der Waals surface area contributed by atoms with Crippen LogP contribution >= 0.6 is 11.3 Å². The van der Waals surface area contributed by atoms with Gasteiger partial charge in [0.05, 0.1) is 22.3 Å². The van der Waals surface area contributed by atoms with Crippen molar-refractivity contribution in [3.63, 3.8) is 0 Å². The standard InChI is InChI=1S/C26H18N4O5S/c1-35-21-9-5-6-18(15-21)28-24(31)22(16-27)26-29(19-7-3-2-4-8-19)25(32)23(36-26)14-17-10-12-20(13-11-17)30(33)34/h2-15H,1H3,(H,28,31). The van der Waals surface area contributed by atoms with E-state index in [1.54, 1.807) is 60.7 Å². The molecule has 36 heavy (non-hydrogen) atoms. The largest absolute Gasteiger partial charge is 0.497 e. The van der Waals surface area contributed by atoms with Gasteiger partial charge in [-0.2, -0.15) is 5.26 Å². The Labute approximate surface area is 208 Å². The van der Waals surface area contributed by atoms with Gasteiger partial charge in [0.15, 0.2) is 5.57 Å². The highest BCUT2D eigenvalue weighted by molar-refractivity contribution is 7.07. The van der Waals surface area contributed by atoms with Crippen molar-refractivity contribution in [1.82, 2.24) is 4.57 Å². The Morgan fingerprint density at radius 1 is 1.11 bits per heavy atom. The first-order valence-corrected chi connectivity index (χ1v) is 11.4. The first-order valence-electron chi connectivity index (χ1n) is 10.5. The number of non-ortho nitro benzene ring substituents is 1.